The van der Waals surface area contributed by atoms with Crippen molar-refractivity contribution in [3.63, 3.8) is 0 Å². The lowest BCUT2D eigenvalue weighted by Crippen LogP contribution is -2.53. The molecule has 0 aliphatic carbocycles. The van der Waals surface area contributed by atoms with Crippen molar-refractivity contribution in [3.05, 3.63) is 28.7 Å². The van der Waals surface area contributed by atoms with Gasteiger partial charge in [-0.25, -0.2) is 8.42 Å². The molecule has 0 N–H and O–H groups in total. The van der Waals surface area contributed by atoms with Crippen molar-refractivity contribution in [1.29, 1.82) is 0 Å². The van der Waals surface area contributed by atoms with Crippen LogP contribution in [0.4, 0.5) is 0 Å². The summed E-state index contributed by atoms with van der Waals surface area (Å²) in [5.74, 6) is 1.18. The average Bonchev–Trinajstić information content (AvgIpc) is 2.94. The van der Waals surface area contributed by atoms with E-state index in [0.29, 0.717) is 25.3 Å². The second-order valence-corrected chi connectivity index (χ2v) is 9.36. The third kappa shape index (κ3) is 4.49. The van der Waals surface area contributed by atoms with E-state index >= 15 is 0 Å². The predicted octanol–water partition coefficient (Wildman–Crippen LogP) is 1.16. The zero-order valence-electron chi connectivity index (χ0n) is 13.4. The van der Waals surface area contributed by atoms with Crippen molar-refractivity contribution in [2.24, 2.45) is 0 Å². The number of amides is 1. The molecule has 0 bridgehead atoms. The van der Waals surface area contributed by atoms with Crippen LogP contribution in [-0.4, -0.2) is 74.5 Å². The number of hydrogen-bond acceptors (Lipinski definition) is 5. The number of piperazine rings is 1. The molecule has 2 aliphatic rings. The third-order valence-electron chi connectivity index (χ3n) is 4.57. The summed E-state index contributed by atoms with van der Waals surface area (Å²) < 4.78 is 29.7. The Balaban J connectivity index is 1.44. The Morgan fingerprint density at radius 3 is 2.42 bits per heavy atom. The van der Waals surface area contributed by atoms with Crippen LogP contribution in [0.15, 0.2) is 28.7 Å². The molecule has 2 saturated heterocycles. The fraction of sp³-hybridized carbons (Fsp3) is 0.562. The van der Waals surface area contributed by atoms with Crippen molar-refractivity contribution in [2.45, 2.75) is 12.5 Å². The standard InChI is InChI=1S/C16H21BrN2O4S/c17-13-1-3-15(4-2-13)23-11-16(20)19-8-6-18(7-9-19)14-5-10-24(21,22)12-14/h1-4,14H,5-12H2/t14-/m0/s1. The first-order valence-corrected chi connectivity index (χ1v) is 10.6. The molecule has 24 heavy (non-hydrogen) atoms. The lowest BCUT2D eigenvalue weighted by atomic mass is 10.2. The fourth-order valence-corrected chi connectivity index (χ4v) is 5.19. The molecule has 0 unspecified atom stereocenters. The molecular weight excluding hydrogens is 396 g/mol. The molecule has 2 fully saturated rings. The van der Waals surface area contributed by atoms with Crippen LogP contribution < -0.4 is 4.74 Å². The Morgan fingerprint density at radius 1 is 1.17 bits per heavy atom. The monoisotopic (exact) mass is 416 g/mol. The van der Waals surface area contributed by atoms with Gasteiger partial charge in [0.05, 0.1) is 11.5 Å². The first-order valence-electron chi connectivity index (χ1n) is 8.03. The highest BCUT2D eigenvalue weighted by molar-refractivity contribution is 9.10. The molecule has 8 heteroatoms. The number of halogens is 1. The van der Waals surface area contributed by atoms with Crippen LogP contribution in [0.3, 0.4) is 0 Å². The molecule has 1 atom stereocenters. The van der Waals surface area contributed by atoms with Crippen LogP contribution in [0.2, 0.25) is 0 Å². The molecule has 0 aromatic heterocycles. The summed E-state index contributed by atoms with van der Waals surface area (Å²) in [6.45, 7) is 2.73. The van der Waals surface area contributed by atoms with E-state index in [1.807, 2.05) is 24.3 Å². The molecular formula is C16H21BrN2O4S. The maximum absolute atomic E-state index is 12.2. The van der Waals surface area contributed by atoms with E-state index in [4.69, 9.17) is 4.74 Å². The van der Waals surface area contributed by atoms with Gasteiger partial charge in [0.1, 0.15) is 5.75 Å². The fourth-order valence-electron chi connectivity index (χ4n) is 3.17. The van der Waals surface area contributed by atoms with E-state index in [1.54, 1.807) is 4.90 Å². The lowest BCUT2D eigenvalue weighted by molar-refractivity contribution is -0.135. The number of rotatable bonds is 4. The normalized spacial score (nSPS) is 24.0. The van der Waals surface area contributed by atoms with Gasteiger partial charge in [-0.05, 0) is 30.7 Å². The van der Waals surface area contributed by atoms with Crippen LogP contribution in [0.1, 0.15) is 6.42 Å². The van der Waals surface area contributed by atoms with Gasteiger partial charge in [-0.15, -0.1) is 0 Å². The molecule has 3 rings (SSSR count). The molecule has 132 valence electrons. The van der Waals surface area contributed by atoms with E-state index < -0.39 is 9.84 Å². The summed E-state index contributed by atoms with van der Waals surface area (Å²) in [6.07, 6.45) is 0.711. The number of nitrogens with zero attached hydrogens (tertiary/aromatic N) is 2. The Labute approximate surface area is 150 Å². The predicted molar refractivity (Wildman–Crippen MR) is 94.8 cm³/mol. The molecule has 0 spiro atoms. The molecule has 0 radical (unpaired) electrons. The zero-order chi connectivity index (χ0) is 17.2. The van der Waals surface area contributed by atoms with Gasteiger partial charge in [0.2, 0.25) is 0 Å². The molecule has 6 nitrogen and oxygen atoms in total. The van der Waals surface area contributed by atoms with E-state index in [2.05, 4.69) is 20.8 Å². The molecule has 1 aromatic carbocycles. The van der Waals surface area contributed by atoms with Crippen LogP contribution in [0.25, 0.3) is 0 Å². The smallest absolute Gasteiger partial charge is 0.260 e. The third-order valence-corrected chi connectivity index (χ3v) is 6.85. The Hall–Kier alpha value is -1.12. The summed E-state index contributed by atoms with van der Waals surface area (Å²) in [5, 5.41) is 0. The van der Waals surface area contributed by atoms with Gasteiger partial charge in [0.25, 0.3) is 5.91 Å². The second-order valence-electron chi connectivity index (χ2n) is 6.22. The highest BCUT2D eigenvalue weighted by Crippen LogP contribution is 2.20. The maximum atomic E-state index is 12.2. The summed E-state index contributed by atoms with van der Waals surface area (Å²) in [7, 11) is -2.86. The first kappa shape index (κ1) is 17.7. The number of ether oxygens (including phenoxy) is 1. The highest BCUT2D eigenvalue weighted by Gasteiger charge is 2.34. The second kappa shape index (κ2) is 7.41. The van der Waals surface area contributed by atoms with E-state index in [-0.39, 0.29) is 30.1 Å². The van der Waals surface area contributed by atoms with Crippen molar-refractivity contribution in [2.75, 3.05) is 44.3 Å². The Kier molecular flexibility index (Phi) is 5.46. The van der Waals surface area contributed by atoms with Crippen molar-refractivity contribution < 1.29 is 17.9 Å². The Morgan fingerprint density at radius 2 is 1.83 bits per heavy atom. The van der Waals surface area contributed by atoms with E-state index in [9.17, 15) is 13.2 Å². The number of hydrogen-bond donors (Lipinski definition) is 0. The van der Waals surface area contributed by atoms with E-state index in [0.717, 1.165) is 17.6 Å². The van der Waals surface area contributed by atoms with Crippen LogP contribution in [0.5, 0.6) is 5.75 Å². The molecule has 1 aromatic rings. The van der Waals surface area contributed by atoms with Gasteiger partial charge in [-0.2, -0.15) is 0 Å². The summed E-state index contributed by atoms with van der Waals surface area (Å²) in [5.41, 5.74) is 0. The minimum atomic E-state index is -2.86. The molecule has 1 amide bonds. The largest absolute Gasteiger partial charge is 0.484 e. The highest BCUT2D eigenvalue weighted by atomic mass is 79.9. The minimum Gasteiger partial charge on any atom is -0.484 e. The minimum absolute atomic E-state index is 0.0272. The molecule has 0 saturated carbocycles. The SMILES string of the molecule is O=C(COc1ccc(Br)cc1)N1CCN([C@H]2CCS(=O)(=O)C2)CC1. The average molecular weight is 417 g/mol. The summed E-state index contributed by atoms with van der Waals surface area (Å²) >= 11 is 3.36. The number of sulfone groups is 1. The van der Waals surface area contributed by atoms with Crippen LogP contribution in [0, 0.1) is 0 Å². The Bertz CT molecular complexity index is 685. The summed E-state index contributed by atoms with van der Waals surface area (Å²) in [6, 6.07) is 7.49. The first-order chi connectivity index (χ1) is 11.4. The maximum Gasteiger partial charge on any atom is 0.260 e. The van der Waals surface area contributed by atoms with Crippen molar-refractivity contribution >= 4 is 31.7 Å². The quantitative estimate of drug-likeness (QED) is 0.736. The van der Waals surface area contributed by atoms with Crippen LogP contribution >= 0.6 is 15.9 Å². The molecule has 2 aliphatic heterocycles. The van der Waals surface area contributed by atoms with Gasteiger partial charge in [-0.1, -0.05) is 15.9 Å². The van der Waals surface area contributed by atoms with Crippen molar-refractivity contribution in [3.8, 4) is 5.75 Å². The van der Waals surface area contributed by atoms with Crippen LogP contribution in [-0.2, 0) is 14.6 Å². The van der Waals surface area contributed by atoms with Gasteiger partial charge < -0.3 is 9.64 Å². The number of benzene rings is 1. The number of carbonyl (C=O) groups excluding carboxylic acids is 1. The van der Waals surface area contributed by atoms with Crippen molar-refractivity contribution in [1.82, 2.24) is 9.80 Å². The topological polar surface area (TPSA) is 66.9 Å². The van der Waals surface area contributed by atoms with Gasteiger partial charge in [0.15, 0.2) is 16.4 Å². The zero-order valence-corrected chi connectivity index (χ0v) is 15.8. The van der Waals surface area contributed by atoms with Gasteiger partial charge >= 0.3 is 0 Å². The van der Waals surface area contributed by atoms with Gasteiger partial charge in [0, 0.05) is 36.7 Å². The lowest BCUT2D eigenvalue weighted by Gasteiger charge is -2.37. The van der Waals surface area contributed by atoms with E-state index in [1.165, 1.54) is 0 Å². The van der Waals surface area contributed by atoms with Gasteiger partial charge in [-0.3, -0.25) is 9.69 Å². The summed E-state index contributed by atoms with van der Waals surface area (Å²) in [4.78, 5) is 16.2. The number of carbonyl (C=O) groups is 1. The molecule has 2 heterocycles.